The van der Waals surface area contributed by atoms with Gasteiger partial charge in [-0.15, -0.1) is 0 Å². The van der Waals surface area contributed by atoms with Gasteiger partial charge in [0.2, 0.25) is 11.9 Å². The van der Waals surface area contributed by atoms with Gasteiger partial charge in [0, 0.05) is 24.6 Å². The van der Waals surface area contributed by atoms with E-state index in [4.69, 9.17) is 4.74 Å². The number of aromatic nitrogens is 6. The fourth-order valence-electron chi connectivity index (χ4n) is 3.54. The average Bonchev–Trinajstić information content (AvgIpc) is 3.16. The van der Waals surface area contributed by atoms with E-state index in [1.165, 1.54) is 16.8 Å². The molecule has 0 saturated carbocycles. The minimum atomic E-state index is -0.745. The molecule has 0 aliphatic carbocycles. The number of carbonyl (C=O) groups is 1. The zero-order valence-corrected chi connectivity index (χ0v) is 18.4. The van der Waals surface area contributed by atoms with Crippen molar-refractivity contribution in [3.63, 3.8) is 0 Å². The van der Waals surface area contributed by atoms with E-state index in [1.54, 1.807) is 31.3 Å². The molecular formula is C22H24FN7O3. The van der Waals surface area contributed by atoms with Crippen molar-refractivity contribution in [3.05, 3.63) is 47.4 Å². The van der Waals surface area contributed by atoms with Crippen LogP contribution in [0.25, 0.3) is 17.3 Å². The molecule has 0 bridgehead atoms. The molecule has 172 valence electrons. The first-order valence-electron chi connectivity index (χ1n) is 10.5. The van der Waals surface area contributed by atoms with Crippen LogP contribution in [0, 0.1) is 5.82 Å². The van der Waals surface area contributed by atoms with Crippen molar-refractivity contribution in [2.24, 2.45) is 7.05 Å². The van der Waals surface area contributed by atoms with Gasteiger partial charge in [0.15, 0.2) is 0 Å². The highest BCUT2D eigenvalue weighted by Crippen LogP contribution is 2.31. The molecule has 0 amide bonds. The third kappa shape index (κ3) is 5.20. The number of aryl methyl sites for hydroxylation is 1. The predicted molar refractivity (Wildman–Crippen MR) is 118 cm³/mol. The lowest BCUT2D eigenvalue weighted by Gasteiger charge is -2.23. The Morgan fingerprint density at radius 2 is 2.03 bits per heavy atom. The lowest BCUT2D eigenvalue weighted by Crippen LogP contribution is -2.31. The standard InChI is InChI=1S/C22H24FN7O3/c1-12(2)19-17(9-8-16-10-15(31)11-18(32)33-16)20(13-4-6-14(23)7-5-13)25-21(24-19)26-22-27-28-29-30(22)3/h4-9,12,15-16,31H,10-11H2,1-3H3,(H,24,25,26,27,29)/t15-,16-/m1/s1. The molecule has 1 aliphatic heterocycles. The van der Waals surface area contributed by atoms with Gasteiger partial charge < -0.3 is 9.84 Å². The van der Waals surface area contributed by atoms with Crippen LogP contribution >= 0.6 is 0 Å². The molecule has 3 aromatic rings. The maximum absolute atomic E-state index is 13.6. The molecule has 2 aromatic heterocycles. The second-order valence-corrected chi connectivity index (χ2v) is 8.09. The smallest absolute Gasteiger partial charge is 0.309 e. The molecule has 0 unspecified atom stereocenters. The molecule has 1 saturated heterocycles. The number of aliphatic hydroxyl groups is 1. The number of tetrazole rings is 1. The minimum absolute atomic E-state index is 0.00418. The van der Waals surface area contributed by atoms with Gasteiger partial charge in [0.05, 0.1) is 23.9 Å². The molecule has 3 heterocycles. The van der Waals surface area contributed by atoms with Gasteiger partial charge >= 0.3 is 5.97 Å². The van der Waals surface area contributed by atoms with Crippen LogP contribution in [-0.2, 0) is 16.6 Å². The minimum Gasteiger partial charge on any atom is -0.458 e. The molecule has 1 aliphatic rings. The average molecular weight is 453 g/mol. The lowest BCUT2D eigenvalue weighted by atomic mass is 9.97. The summed E-state index contributed by atoms with van der Waals surface area (Å²) in [5.41, 5.74) is 2.67. The topological polar surface area (TPSA) is 128 Å². The molecule has 4 rings (SSSR count). The first-order valence-corrected chi connectivity index (χ1v) is 10.5. The fourth-order valence-corrected chi connectivity index (χ4v) is 3.54. The lowest BCUT2D eigenvalue weighted by molar-refractivity contribution is -0.156. The van der Waals surface area contributed by atoms with Gasteiger partial charge in [0.25, 0.3) is 0 Å². The van der Waals surface area contributed by atoms with Crippen LogP contribution in [0.4, 0.5) is 16.3 Å². The van der Waals surface area contributed by atoms with Crippen molar-refractivity contribution in [1.29, 1.82) is 0 Å². The normalized spacial score (nSPS) is 18.7. The number of hydrogen-bond acceptors (Lipinski definition) is 9. The number of halogens is 1. The van der Waals surface area contributed by atoms with Crippen LogP contribution in [0.5, 0.6) is 0 Å². The van der Waals surface area contributed by atoms with Crippen LogP contribution in [0.2, 0.25) is 0 Å². The Balaban J connectivity index is 1.80. The molecular weight excluding hydrogens is 429 g/mol. The number of nitrogens with one attached hydrogen (secondary N) is 1. The third-order valence-electron chi connectivity index (χ3n) is 5.15. The van der Waals surface area contributed by atoms with E-state index in [2.05, 4.69) is 30.8 Å². The molecule has 11 heteroatoms. The summed E-state index contributed by atoms with van der Waals surface area (Å²) >= 11 is 0. The zero-order chi connectivity index (χ0) is 23.5. The van der Waals surface area contributed by atoms with Gasteiger partial charge in [-0.25, -0.2) is 19.0 Å². The number of carbonyl (C=O) groups excluding carboxylic acids is 1. The van der Waals surface area contributed by atoms with Crippen molar-refractivity contribution >= 4 is 23.9 Å². The van der Waals surface area contributed by atoms with Crippen molar-refractivity contribution in [2.45, 2.75) is 44.8 Å². The van der Waals surface area contributed by atoms with E-state index < -0.39 is 18.2 Å². The number of anilines is 2. The Bertz CT molecular complexity index is 1180. The van der Waals surface area contributed by atoms with Gasteiger partial charge in [-0.1, -0.05) is 25.0 Å². The predicted octanol–water partition coefficient (Wildman–Crippen LogP) is 2.75. The molecule has 2 N–H and O–H groups in total. The highest BCUT2D eigenvalue weighted by atomic mass is 19.1. The SMILES string of the molecule is CC(C)c1nc(Nc2nnnn2C)nc(-c2ccc(F)cc2)c1C=C[C@@H]1C[C@@H](O)CC(=O)O1. The number of aliphatic hydroxyl groups excluding tert-OH is 1. The highest BCUT2D eigenvalue weighted by Gasteiger charge is 2.26. The van der Waals surface area contributed by atoms with Crippen molar-refractivity contribution in [3.8, 4) is 11.3 Å². The van der Waals surface area contributed by atoms with E-state index >= 15 is 0 Å². The maximum atomic E-state index is 13.6. The molecule has 33 heavy (non-hydrogen) atoms. The van der Waals surface area contributed by atoms with E-state index in [1.807, 2.05) is 13.8 Å². The van der Waals surface area contributed by atoms with Gasteiger partial charge in [0.1, 0.15) is 11.9 Å². The molecule has 0 radical (unpaired) electrons. The summed E-state index contributed by atoms with van der Waals surface area (Å²) in [6.45, 7) is 3.98. The van der Waals surface area contributed by atoms with Gasteiger partial charge in [-0.3, -0.25) is 10.1 Å². The number of cyclic esters (lactones) is 1. The number of benzene rings is 1. The summed E-state index contributed by atoms with van der Waals surface area (Å²) in [6, 6.07) is 5.99. The first kappa shape index (κ1) is 22.5. The van der Waals surface area contributed by atoms with Gasteiger partial charge in [-0.05, 0) is 46.7 Å². The number of esters is 1. The fraction of sp³-hybridized carbons (Fsp3) is 0.364. The largest absolute Gasteiger partial charge is 0.458 e. The number of hydrogen-bond donors (Lipinski definition) is 2. The zero-order valence-electron chi connectivity index (χ0n) is 18.4. The quantitative estimate of drug-likeness (QED) is 0.541. The van der Waals surface area contributed by atoms with Crippen molar-refractivity contribution in [1.82, 2.24) is 30.2 Å². The molecule has 0 spiro atoms. The molecule has 2 atom stereocenters. The molecule has 1 fully saturated rings. The first-order chi connectivity index (χ1) is 15.8. The van der Waals surface area contributed by atoms with E-state index in [9.17, 15) is 14.3 Å². The second-order valence-electron chi connectivity index (χ2n) is 8.09. The van der Waals surface area contributed by atoms with Crippen molar-refractivity contribution in [2.75, 3.05) is 5.32 Å². The maximum Gasteiger partial charge on any atom is 0.309 e. The van der Waals surface area contributed by atoms with Crippen LogP contribution in [0.15, 0.2) is 30.3 Å². The summed E-state index contributed by atoms with van der Waals surface area (Å²) in [5, 5.41) is 24.2. The summed E-state index contributed by atoms with van der Waals surface area (Å²) < 4.78 is 20.4. The number of nitrogens with zero attached hydrogens (tertiary/aromatic N) is 6. The summed E-state index contributed by atoms with van der Waals surface area (Å²) in [5.74, 6) is -0.154. The Hall–Kier alpha value is -3.73. The number of rotatable bonds is 6. The Kier molecular flexibility index (Phi) is 6.40. The summed E-state index contributed by atoms with van der Waals surface area (Å²) in [6.07, 6.45) is 2.50. The Labute approximate surface area is 189 Å². The van der Waals surface area contributed by atoms with E-state index in [0.29, 0.717) is 29.2 Å². The monoisotopic (exact) mass is 453 g/mol. The van der Waals surface area contributed by atoms with E-state index in [0.717, 1.165) is 5.69 Å². The molecule has 1 aromatic carbocycles. The van der Waals surface area contributed by atoms with Crippen LogP contribution in [0.1, 0.15) is 43.9 Å². The molecule has 10 nitrogen and oxygen atoms in total. The van der Waals surface area contributed by atoms with Crippen LogP contribution in [-0.4, -0.2) is 53.5 Å². The third-order valence-corrected chi connectivity index (χ3v) is 5.15. The Morgan fingerprint density at radius 1 is 1.27 bits per heavy atom. The van der Waals surface area contributed by atoms with Crippen LogP contribution in [0.3, 0.4) is 0 Å². The summed E-state index contributed by atoms with van der Waals surface area (Å²) in [7, 11) is 1.68. The second kappa shape index (κ2) is 9.41. The highest BCUT2D eigenvalue weighted by molar-refractivity contribution is 5.76. The van der Waals surface area contributed by atoms with E-state index in [-0.39, 0.29) is 24.1 Å². The Morgan fingerprint density at radius 3 is 2.67 bits per heavy atom. The van der Waals surface area contributed by atoms with Gasteiger partial charge in [-0.2, -0.15) is 0 Å². The van der Waals surface area contributed by atoms with Crippen molar-refractivity contribution < 1.29 is 19.0 Å². The summed E-state index contributed by atoms with van der Waals surface area (Å²) in [4.78, 5) is 21.0. The van der Waals surface area contributed by atoms with Crippen LogP contribution < -0.4 is 5.32 Å². The number of ether oxygens (including phenoxy) is 1.